The van der Waals surface area contributed by atoms with Gasteiger partial charge in [-0.15, -0.1) is 11.3 Å². The van der Waals surface area contributed by atoms with Crippen LogP contribution in [0, 0.1) is 5.82 Å². The van der Waals surface area contributed by atoms with Gasteiger partial charge in [0.15, 0.2) is 5.69 Å². The Hall–Kier alpha value is -3.28. The number of H-pyrrole nitrogens is 1. The van der Waals surface area contributed by atoms with Gasteiger partial charge in [-0.3, -0.25) is 9.48 Å². The third-order valence-electron chi connectivity index (χ3n) is 5.13. The van der Waals surface area contributed by atoms with Crippen LogP contribution in [0.5, 0.6) is 0 Å². The van der Waals surface area contributed by atoms with Crippen molar-refractivity contribution in [3.63, 3.8) is 0 Å². The number of nitrogens with one attached hydrogen (secondary N) is 1. The van der Waals surface area contributed by atoms with Crippen molar-refractivity contribution >= 4 is 27.5 Å². The highest BCUT2D eigenvalue weighted by Gasteiger charge is 2.43. The number of nitrogens with zero attached hydrogens (tertiary/aromatic N) is 5. The number of para-hydroxylation sites is 1. The first-order valence-corrected chi connectivity index (χ1v) is 10.0. The van der Waals surface area contributed by atoms with E-state index < -0.39 is 35.2 Å². The van der Waals surface area contributed by atoms with Crippen molar-refractivity contribution in [2.24, 2.45) is 7.05 Å². The summed E-state index contributed by atoms with van der Waals surface area (Å²) in [5.74, 6) is -1.35. The molecule has 0 fully saturated rings. The maximum atomic E-state index is 14.2. The van der Waals surface area contributed by atoms with E-state index in [1.807, 2.05) is 0 Å². The van der Waals surface area contributed by atoms with Gasteiger partial charge in [0.25, 0.3) is 5.91 Å². The molecule has 0 bridgehead atoms. The van der Waals surface area contributed by atoms with Gasteiger partial charge in [0.05, 0.1) is 22.3 Å². The Bertz CT molecular complexity index is 1310. The van der Waals surface area contributed by atoms with Gasteiger partial charge in [-0.1, -0.05) is 6.07 Å². The molecular formula is C19H14F4N6OS. The minimum absolute atomic E-state index is 0.142. The zero-order valence-electron chi connectivity index (χ0n) is 15.9. The van der Waals surface area contributed by atoms with Gasteiger partial charge in [0.2, 0.25) is 0 Å². The SMILES string of the molecule is Cn1cc(C(=O)N2CCc3[nH]cnc3[C@H]2c2nc3c(F)cccc3s2)c(C(F)(F)F)n1. The number of halogens is 4. The molecule has 1 N–H and O–H groups in total. The molecule has 7 nitrogen and oxygen atoms in total. The van der Waals surface area contributed by atoms with Gasteiger partial charge in [-0.2, -0.15) is 18.3 Å². The van der Waals surface area contributed by atoms with E-state index in [-0.39, 0.29) is 12.1 Å². The number of aromatic nitrogens is 5. The third kappa shape index (κ3) is 3.17. The maximum absolute atomic E-state index is 14.2. The number of amides is 1. The van der Waals surface area contributed by atoms with Crippen molar-refractivity contribution in [1.82, 2.24) is 29.6 Å². The minimum atomic E-state index is -4.78. The number of rotatable bonds is 2. The minimum Gasteiger partial charge on any atom is -0.348 e. The van der Waals surface area contributed by atoms with Crippen LogP contribution in [0.2, 0.25) is 0 Å². The van der Waals surface area contributed by atoms with Crippen LogP contribution in [0.4, 0.5) is 17.6 Å². The number of carbonyl (C=O) groups is 1. The Morgan fingerprint density at radius 2 is 2.13 bits per heavy atom. The van der Waals surface area contributed by atoms with Crippen LogP contribution in [-0.4, -0.2) is 42.1 Å². The number of imidazole rings is 1. The van der Waals surface area contributed by atoms with Crippen molar-refractivity contribution in [3.05, 3.63) is 64.2 Å². The normalized spacial score (nSPS) is 16.7. The molecule has 5 rings (SSSR count). The average Bonchev–Trinajstić information content (AvgIpc) is 3.43. The van der Waals surface area contributed by atoms with Crippen LogP contribution in [0.1, 0.15) is 38.5 Å². The van der Waals surface area contributed by atoms with Crippen LogP contribution in [0.25, 0.3) is 10.2 Å². The molecule has 1 aliphatic heterocycles. The molecule has 4 aromatic rings. The number of hydrogen-bond donors (Lipinski definition) is 1. The predicted molar refractivity (Wildman–Crippen MR) is 103 cm³/mol. The number of benzene rings is 1. The van der Waals surface area contributed by atoms with Crippen LogP contribution >= 0.6 is 11.3 Å². The van der Waals surface area contributed by atoms with Gasteiger partial charge in [-0.05, 0) is 12.1 Å². The molecule has 4 heterocycles. The Morgan fingerprint density at radius 3 is 2.87 bits per heavy atom. The standard InChI is InChI=1S/C19H14F4N6OS/c1-28-7-9(16(27-28)19(21,22)23)18(30)29-6-5-11-14(25-8-24-11)15(29)17-26-13-10(20)3-2-4-12(13)31-17/h2-4,7-8,15H,5-6H2,1H3,(H,24,25)/t15-/m0/s1. The second-order valence-corrected chi connectivity index (χ2v) is 8.18. The monoisotopic (exact) mass is 450 g/mol. The lowest BCUT2D eigenvalue weighted by Crippen LogP contribution is -2.41. The predicted octanol–water partition coefficient (Wildman–Crippen LogP) is 3.70. The van der Waals surface area contributed by atoms with Crippen LogP contribution in [0.15, 0.2) is 30.7 Å². The van der Waals surface area contributed by atoms with E-state index in [1.54, 1.807) is 12.1 Å². The highest BCUT2D eigenvalue weighted by molar-refractivity contribution is 7.18. The fourth-order valence-corrected chi connectivity index (χ4v) is 4.90. The molecule has 160 valence electrons. The lowest BCUT2D eigenvalue weighted by atomic mass is 10.0. The molecule has 0 saturated carbocycles. The number of thiazole rings is 1. The van der Waals surface area contributed by atoms with Crippen molar-refractivity contribution in [2.45, 2.75) is 18.6 Å². The van der Waals surface area contributed by atoms with E-state index >= 15 is 0 Å². The van der Waals surface area contributed by atoms with Crippen LogP contribution in [0.3, 0.4) is 0 Å². The quantitative estimate of drug-likeness (QED) is 0.473. The first kappa shape index (κ1) is 19.7. The molecule has 0 saturated heterocycles. The van der Waals surface area contributed by atoms with Crippen molar-refractivity contribution < 1.29 is 22.4 Å². The molecule has 0 spiro atoms. The van der Waals surface area contributed by atoms with E-state index in [9.17, 15) is 22.4 Å². The van der Waals surface area contributed by atoms with Gasteiger partial charge >= 0.3 is 6.18 Å². The third-order valence-corrected chi connectivity index (χ3v) is 6.21. The molecule has 1 aliphatic rings. The second kappa shape index (κ2) is 6.87. The van der Waals surface area contributed by atoms with E-state index in [1.165, 1.54) is 35.7 Å². The smallest absolute Gasteiger partial charge is 0.348 e. The van der Waals surface area contributed by atoms with E-state index in [0.717, 1.165) is 16.6 Å². The number of alkyl halides is 3. The summed E-state index contributed by atoms with van der Waals surface area (Å²) >= 11 is 1.17. The van der Waals surface area contributed by atoms with Crippen molar-refractivity contribution in [3.8, 4) is 0 Å². The summed E-state index contributed by atoms with van der Waals surface area (Å²) in [6.07, 6.45) is -1.88. The number of aryl methyl sites for hydroxylation is 1. The van der Waals surface area contributed by atoms with Crippen LogP contribution in [-0.2, 0) is 19.6 Å². The van der Waals surface area contributed by atoms with E-state index in [2.05, 4.69) is 20.1 Å². The number of hydrogen-bond acceptors (Lipinski definition) is 5. The van der Waals surface area contributed by atoms with E-state index in [0.29, 0.717) is 21.8 Å². The molecule has 1 atom stereocenters. The van der Waals surface area contributed by atoms with Gasteiger partial charge in [0.1, 0.15) is 22.4 Å². The summed E-state index contributed by atoms with van der Waals surface area (Å²) in [6.45, 7) is 0.142. The Balaban J connectivity index is 1.64. The zero-order valence-corrected chi connectivity index (χ0v) is 16.8. The van der Waals surface area contributed by atoms with Crippen molar-refractivity contribution in [2.75, 3.05) is 6.54 Å². The summed E-state index contributed by atoms with van der Waals surface area (Å²) < 4.78 is 56.1. The Morgan fingerprint density at radius 1 is 1.32 bits per heavy atom. The summed E-state index contributed by atoms with van der Waals surface area (Å²) in [6, 6.07) is 3.68. The summed E-state index contributed by atoms with van der Waals surface area (Å²) in [7, 11) is 1.32. The molecule has 0 aliphatic carbocycles. The summed E-state index contributed by atoms with van der Waals surface area (Å²) in [4.78, 5) is 26.3. The lowest BCUT2D eigenvalue weighted by Gasteiger charge is -2.33. The molecule has 0 radical (unpaired) electrons. The molecular weight excluding hydrogens is 436 g/mol. The lowest BCUT2D eigenvalue weighted by molar-refractivity contribution is -0.141. The largest absolute Gasteiger partial charge is 0.435 e. The number of aromatic amines is 1. The maximum Gasteiger partial charge on any atom is 0.435 e. The van der Waals surface area contributed by atoms with Crippen molar-refractivity contribution in [1.29, 1.82) is 0 Å². The highest BCUT2D eigenvalue weighted by atomic mass is 32.1. The molecule has 1 amide bonds. The highest BCUT2D eigenvalue weighted by Crippen LogP contribution is 2.40. The summed E-state index contributed by atoms with van der Waals surface area (Å²) in [5, 5.41) is 3.81. The van der Waals surface area contributed by atoms with Gasteiger partial charge < -0.3 is 9.88 Å². The first-order chi connectivity index (χ1) is 14.7. The molecule has 3 aromatic heterocycles. The second-order valence-electron chi connectivity index (χ2n) is 7.12. The molecule has 12 heteroatoms. The molecule has 1 aromatic carbocycles. The fraction of sp³-hybridized carbons (Fsp3) is 0.263. The van der Waals surface area contributed by atoms with Crippen LogP contribution < -0.4 is 0 Å². The number of carbonyl (C=O) groups excluding carboxylic acids is 1. The molecule has 31 heavy (non-hydrogen) atoms. The Labute approximate surface area is 176 Å². The van der Waals surface area contributed by atoms with E-state index in [4.69, 9.17) is 0 Å². The fourth-order valence-electron chi connectivity index (χ4n) is 3.80. The van der Waals surface area contributed by atoms with Gasteiger partial charge in [-0.25, -0.2) is 14.4 Å². The number of fused-ring (bicyclic) bond motifs is 2. The van der Waals surface area contributed by atoms with Gasteiger partial charge in [0, 0.05) is 31.9 Å². The first-order valence-electron chi connectivity index (χ1n) is 9.23. The topological polar surface area (TPSA) is 79.7 Å². The molecule has 0 unspecified atom stereocenters. The average molecular weight is 450 g/mol. The Kier molecular flexibility index (Phi) is 4.36. The zero-order chi connectivity index (χ0) is 21.9. The summed E-state index contributed by atoms with van der Waals surface area (Å²) in [5.41, 5.74) is -0.407.